The number of thioether (sulfide) groups is 1. The molecule has 0 saturated heterocycles. The van der Waals surface area contributed by atoms with Crippen molar-refractivity contribution in [2.24, 2.45) is 0 Å². The first kappa shape index (κ1) is 18.2. The van der Waals surface area contributed by atoms with Crippen molar-refractivity contribution in [3.63, 3.8) is 0 Å². The fraction of sp³-hybridized carbons (Fsp3) is 0.250. The second-order valence-corrected chi connectivity index (χ2v) is 7.89. The second-order valence-electron chi connectivity index (χ2n) is 6.59. The Kier molecular flexibility index (Phi) is 5.08. The summed E-state index contributed by atoms with van der Waals surface area (Å²) in [5.74, 6) is 0.664. The second kappa shape index (κ2) is 7.82. The third-order valence-electron chi connectivity index (χ3n) is 4.43. The lowest BCUT2D eigenvalue weighted by molar-refractivity contribution is -0.115. The summed E-state index contributed by atoms with van der Waals surface area (Å²) in [4.78, 5) is 16.7. The number of hydrogen-bond donors (Lipinski definition) is 1. The molecule has 0 radical (unpaired) electrons. The van der Waals surface area contributed by atoms with Gasteiger partial charge in [0.15, 0.2) is 11.0 Å². The van der Waals surface area contributed by atoms with Gasteiger partial charge in [-0.05, 0) is 50.1 Å². The van der Waals surface area contributed by atoms with E-state index in [9.17, 15) is 4.79 Å². The average Bonchev–Trinajstić information content (AvgIpc) is 3.48. The van der Waals surface area contributed by atoms with E-state index < -0.39 is 0 Å². The number of carbonyl (C=O) groups is 1. The normalized spacial score (nSPS) is 14.3. The SMILES string of the molecule is C[C@@H](Sc1nnc(-c2ccncc2)n1C1CC1)C(=O)Nc1cccc(C#N)c1. The van der Waals surface area contributed by atoms with Gasteiger partial charge in [0.1, 0.15) is 0 Å². The van der Waals surface area contributed by atoms with Gasteiger partial charge in [-0.2, -0.15) is 5.26 Å². The Labute approximate surface area is 166 Å². The first-order chi connectivity index (χ1) is 13.7. The molecule has 28 heavy (non-hydrogen) atoms. The van der Waals surface area contributed by atoms with Crippen LogP contribution in [0.5, 0.6) is 0 Å². The number of aromatic nitrogens is 4. The van der Waals surface area contributed by atoms with E-state index in [1.807, 2.05) is 19.1 Å². The first-order valence-corrected chi connectivity index (χ1v) is 9.86. The number of anilines is 1. The van der Waals surface area contributed by atoms with Crippen molar-refractivity contribution in [2.75, 3.05) is 5.32 Å². The Balaban J connectivity index is 1.51. The number of hydrogen-bond acceptors (Lipinski definition) is 6. The molecule has 3 aromatic rings. The van der Waals surface area contributed by atoms with E-state index in [0.29, 0.717) is 17.3 Å². The first-order valence-electron chi connectivity index (χ1n) is 8.98. The van der Waals surface area contributed by atoms with Crippen molar-refractivity contribution in [3.8, 4) is 17.5 Å². The number of carbonyl (C=O) groups excluding carboxylic acids is 1. The Morgan fingerprint density at radius 2 is 2.07 bits per heavy atom. The molecule has 1 amide bonds. The minimum atomic E-state index is -0.363. The molecule has 0 spiro atoms. The van der Waals surface area contributed by atoms with Crippen LogP contribution in [0.4, 0.5) is 5.69 Å². The lowest BCUT2D eigenvalue weighted by Gasteiger charge is -2.13. The summed E-state index contributed by atoms with van der Waals surface area (Å²) in [6.45, 7) is 1.84. The third-order valence-corrected chi connectivity index (χ3v) is 5.48. The average molecular weight is 390 g/mol. The van der Waals surface area contributed by atoms with Crippen LogP contribution in [0, 0.1) is 11.3 Å². The molecule has 4 rings (SSSR count). The smallest absolute Gasteiger partial charge is 0.237 e. The zero-order valence-electron chi connectivity index (χ0n) is 15.2. The fourth-order valence-electron chi connectivity index (χ4n) is 2.84. The maximum Gasteiger partial charge on any atom is 0.237 e. The van der Waals surface area contributed by atoms with Gasteiger partial charge in [-0.25, -0.2) is 0 Å². The van der Waals surface area contributed by atoms with E-state index in [1.54, 1.807) is 36.7 Å². The van der Waals surface area contributed by atoms with Gasteiger partial charge in [-0.1, -0.05) is 17.8 Å². The Morgan fingerprint density at radius 3 is 2.79 bits per heavy atom. The summed E-state index contributed by atoms with van der Waals surface area (Å²) in [6, 6.07) is 13.1. The standard InChI is InChI=1S/C20H18N6OS/c1-13(19(27)23-16-4-2-3-14(11-16)12-21)28-20-25-24-18(26(20)17-5-6-17)15-7-9-22-10-8-15/h2-4,7-11,13,17H,5-6H2,1H3,(H,23,27)/t13-/m1/s1. The lowest BCUT2D eigenvalue weighted by atomic mass is 10.2. The van der Waals surface area contributed by atoms with Crippen LogP contribution in [-0.4, -0.2) is 30.9 Å². The van der Waals surface area contributed by atoms with Gasteiger partial charge in [-0.3, -0.25) is 14.3 Å². The van der Waals surface area contributed by atoms with E-state index in [0.717, 1.165) is 29.4 Å². The van der Waals surface area contributed by atoms with Gasteiger partial charge in [-0.15, -0.1) is 10.2 Å². The van der Waals surface area contributed by atoms with E-state index in [-0.39, 0.29) is 11.2 Å². The molecule has 1 fully saturated rings. The van der Waals surface area contributed by atoms with Gasteiger partial charge in [0.25, 0.3) is 0 Å². The topological polar surface area (TPSA) is 96.5 Å². The van der Waals surface area contributed by atoms with E-state index in [4.69, 9.17) is 5.26 Å². The molecule has 1 atom stereocenters. The fourth-order valence-corrected chi connectivity index (χ4v) is 3.76. The minimum absolute atomic E-state index is 0.143. The number of pyridine rings is 1. The van der Waals surface area contributed by atoms with Gasteiger partial charge in [0, 0.05) is 29.7 Å². The number of nitrogens with one attached hydrogen (secondary N) is 1. The molecule has 2 heterocycles. The molecular formula is C20H18N6OS. The van der Waals surface area contributed by atoms with Gasteiger partial charge in [0.05, 0.1) is 16.9 Å². The van der Waals surface area contributed by atoms with Crippen LogP contribution < -0.4 is 5.32 Å². The molecule has 1 aromatic carbocycles. The van der Waals surface area contributed by atoms with Crippen molar-refractivity contribution < 1.29 is 4.79 Å². The molecular weight excluding hydrogens is 372 g/mol. The molecule has 8 heteroatoms. The summed E-state index contributed by atoms with van der Waals surface area (Å²) in [6.07, 6.45) is 5.65. The van der Waals surface area contributed by atoms with E-state index in [2.05, 4.69) is 31.1 Å². The van der Waals surface area contributed by atoms with Crippen LogP contribution in [-0.2, 0) is 4.79 Å². The highest BCUT2D eigenvalue weighted by Crippen LogP contribution is 2.41. The van der Waals surface area contributed by atoms with Crippen molar-refractivity contribution in [1.82, 2.24) is 19.7 Å². The highest BCUT2D eigenvalue weighted by Gasteiger charge is 2.31. The van der Waals surface area contributed by atoms with E-state index >= 15 is 0 Å². The predicted molar refractivity (Wildman–Crippen MR) is 107 cm³/mol. The number of nitrogens with zero attached hydrogens (tertiary/aromatic N) is 5. The third kappa shape index (κ3) is 3.89. The molecule has 1 N–H and O–H groups in total. The molecule has 2 aromatic heterocycles. The summed E-state index contributed by atoms with van der Waals surface area (Å²) in [5.41, 5.74) is 2.08. The molecule has 0 unspecified atom stereocenters. The van der Waals surface area contributed by atoms with Crippen molar-refractivity contribution in [1.29, 1.82) is 5.26 Å². The maximum atomic E-state index is 12.6. The summed E-state index contributed by atoms with van der Waals surface area (Å²) < 4.78 is 2.13. The molecule has 7 nitrogen and oxygen atoms in total. The van der Waals surface area contributed by atoms with Crippen LogP contribution >= 0.6 is 11.8 Å². The zero-order valence-corrected chi connectivity index (χ0v) is 16.1. The highest BCUT2D eigenvalue weighted by molar-refractivity contribution is 8.00. The lowest BCUT2D eigenvalue weighted by Crippen LogP contribution is -2.23. The van der Waals surface area contributed by atoms with Crippen molar-refractivity contribution in [3.05, 3.63) is 54.4 Å². The molecule has 1 aliphatic carbocycles. The van der Waals surface area contributed by atoms with E-state index in [1.165, 1.54) is 11.8 Å². The predicted octanol–water partition coefficient (Wildman–Crippen LogP) is 3.67. The summed E-state index contributed by atoms with van der Waals surface area (Å²) in [7, 11) is 0. The van der Waals surface area contributed by atoms with Crippen LogP contribution in [0.3, 0.4) is 0 Å². The number of rotatable bonds is 6. The quantitative estimate of drug-likeness (QED) is 0.645. The van der Waals surface area contributed by atoms with Crippen molar-refractivity contribution in [2.45, 2.75) is 36.2 Å². The highest BCUT2D eigenvalue weighted by atomic mass is 32.2. The summed E-state index contributed by atoms with van der Waals surface area (Å²) in [5, 5.41) is 20.9. The molecule has 0 bridgehead atoms. The van der Waals surface area contributed by atoms with Gasteiger partial charge < -0.3 is 5.32 Å². The minimum Gasteiger partial charge on any atom is -0.325 e. The van der Waals surface area contributed by atoms with Crippen LogP contribution in [0.15, 0.2) is 53.9 Å². The number of benzene rings is 1. The largest absolute Gasteiger partial charge is 0.325 e. The molecule has 140 valence electrons. The van der Waals surface area contributed by atoms with Crippen LogP contribution in [0.2, 0.25) is 0 Å². The Bertz CT molecular complexity index is 1040. The van der Waals surface area contributed by atoms with Crippen LogP contribution in [0.25, 0.3) is 11.4 Å². The van der Waals surface area contributed by atoms with Gasteiger partial charge >= 0.3 is 0 Å². The van der Waals surface area contributed by atoms with Crippen molar-refractivity contribution >= 4 is 23.4 Å². The molecule has 1 saturated carbocycles. The van der Waals surface area contributed by atoms with Crippen LogP contribution in [0.1, 0.15) is 31.4 Å². The monoisotopic (exact) mass is 390 g/mol. The molecule has 0 aliphatic heterocycles. The molecule has 1 aliphatic rings. The summed E-state index contributed by atoms with van der Waals surface area (Å²) >= 11 is 1.39. The Morgan fingerprint density at radius 1 is 1.29 bits per heavy atom. The zero-order chi connectivity index (χ0) is 19.5. The number of amides is 1. The van der Waals surface area contributed by atoms with Gasteiger partial charge in [0.2, 0.25) is 5.91 Å². The maximum absolute atomic E-state index is 12.6. The Hall–Kier alpha value is -3.18. The number of nitriles is 1.